The number of amides is 2. The average Bonchev–Trinajstić information content (AvgIpc) is 2.62. The summed E-state index contributed by atoms with van der Waals surface area (Å²) < 4.78 is 5.59. The van der Waals surface area contributed by atoms with Crippen LogP contribution in [0.1, 0.15) is 36.9 Å². The highest BCUT2D eigenvalue weighted by atomic mass is 16.5. The molecule has 0 fully saturated rings. The Morgan fingerprint density at radius 2 is 1.96 bits per heavy atom. The predicted octanol–water partition coefficient (Wildman–Crippen LogP) is 4.03. The molecule has 0 spiro atoms. The van der Waals surface area contributed by atoms with E-state index in [2.05, 4.69) is 17.6 Å². The van der Waals surface area contributed by atoms with E-state index < -0.39 is 0 Å². The Labute approximate surface area is 149 Å². The van der Waals surface area contributed by atoms with Crippen LogP contribution < -0.4 is 15.4 Å². The molecule has 0 heterocycles. The van der Waals surface area contributed by atoms with Gasteiger partial charge in [-0.1, -0.05) is 37.3 Å². The molecule has 0 aromatic heterocycles. The molecular weight excluding hydrogens is 316 g/mol. The van der Waals surface area contributed by atoms with Crippen LogP contribution in [0, 0.1) is 6.92 Å². The quantitative estimate of drug-likeness (QED) is 0.678. The zero-order chi connectivity index (χ0) is 18.1. The fourth-order valence-corrected chi connectivity index (χ4v) is 2.54. The number of rotatable bonds is 8. The largest absolute Gasteiger partial charge is 0.494 e. The number of aryl methyl sites for hydroxylation is 1. The molecular formula is C20H26N2O3. The van der Waals surface area contributed by atoms with Gasteiger partial charge in [0.05, 0.1) is 12.6 Å². The Balaban J connectivity index is 2.00. The Hall–Kier alpha value is -2.53. The molecule has 0 aliphatic heterocycles. The summed E-state index contributed by atoms with van der Waals surface area (Å²) in [4.78, 5) is 12.3. The first-order valence-electron chi connectivity index (χ1n) is 8.60. The Bertz CT molecular complexity index is 674. The lowest BCUT2D eigenvalue weighted by Gasteiger charge is -2.19. The lowest BCUT2D eigenvalue weighted by atomic mass is 10.0. The minimum absolute atomic E-state index is 0.00231. The maximum atomic E-state index is 12.3. The number of urea groups is 1. The van der Waals surface area contributed by atoms with Crippen LogP contribution >= 0.6 is 0 Å². The van der Waals surface area contributed by atoms with Crippen LogP contribution in [0.2, 0.25) is 0 Å². The Morgan fingerprint density at radius 1 is 1.20 bits per heavy atom. The molecule has 2 aromatic carbocycles. The first kappa shape index (κ1) is 18.8. The van der Waals surface area contributed by atoms with E-state index >= 15 is 0 Å². The maximum Gasteiger partial charge on any atom is 0.319 e. The number of benzene rings is 2. The number of hydrogen-bond acceptors (Lipinski definition) is 3. The zero-order valence-electron chi connectivity index (χ0n) is 14.8. The van der Waals surface area contributed by atoms with Crippen LogP contribution in [0.25, 0.3) is 0 Å². The molecule has 2 aromatic rings. The lowest BCUT2D eigenvalue weighted by molar-refractivity contribution is 0.239. The van der Waals surface area contributed by atoms with Crippen LogP contribution in [-0.4, -0.2) is 24.4 Å². The Morgan fingerprint density at radius 3 is 2.60 bits per heavy atom. The lowest BCUT2D eigenvalue weighted by Crippen LogP contribution is -2.33. The first-order chi connectivity index (χ1) is 12.1. The summed E-state index contributed by atoms with van der Waals surface area (Å²) >= 11 is 0. The van der Waals surface area contributed by atoms with Crippen molar-refractivity contribution < 1.29 is 14.6 Å². The molecule has 0 saturated heterocycles. The van der Waals surface area contributed by atoms with Crippen molar-refractivity contribution in [3.05, 3.63) is 59.7 Å². The number of aliphatic hydroxyl groups excluding tert-OH is 1. The van der Waals surface area contributed by atoms with E-state index in [4.69, 9.17) is 4.74 Å². The smallest absolute Gasteiger partial charge is 0.319 e. The van der Waals surface area contributed by atoms with Gasteiger partial charge in [-0.15, -0.1) is 0 Å². The fourth-order valence-electron chi connectivity index (χ4n) is 2.54. The predicted molar refractivity (Wildman–Crippen MR) is 100 cm³/mol. The van der Waals surface area contributed by atoms with Crippen molar-refractivity contribution in [1.82, 2.24) is 5.32 Å². The molecule has 25 heavy (non-hydrogen) atoms. The van der Waals surface area contributed by atoms with E-state index in [1.165, 1.54) is 0 Å². The van der Waals surface area contributed by atoms with Crippen LogP contribution in [0.5, 0.6) is 5.75 Å². The van der Waals surface area contributed by atoms with Crippen molar-refractivity contribution in [2.45, 2.75) is 32.7 Å². The number of anilines is 1. The molecule has 0 bridgehead atoms. The first-order valence-corrected chi connectivity index (χ1v) is 8.60. The molecule has 5 heteroatoms. The minimum atomic E-state index is -0.298. The molecule has 2 amide bonds. The highest BCUT2D eigenvalue weighted by Gasteiger charge is 2.14. The number of ether oxygens (including phenoxy) is 1. The third-order valence-corrected chi connectivity index (χ3v) is 3.84. The van der Waals surface area contributed by atoms with E-state index in [9.17, 15) is 9.90 Å². The average molecular weight is 342 g/mol. The summed E-state index contributed by atoms with van der Waals surface area (Å²) in [6.45, 7) is 4.66. The molecule has 0 radical (unpaired) electrons. The third-order valence-electron chi connectivity index (χ3n) is 3.84. The van der Waals surface area contributed by atoms with E-state index in [0.717, 1.165) is 29.0 Å². The maximum absolute atomic E-state index is 12.3. The van der Waals surface area contributed by atoms with E-state index in [1.54, 1.807) is 0 Å². The number of nitrogens with one attached hydrogen (secondary N) is 2. The number of carbonyl (C=O) groups excluding carboxylic acids is 1. The van der Waals surface area contributed by atoms with Gasteiger partial charge in [-0.2, -0.15) is 0 Å². The van der Waals surface area contributed by atoms with E-state index in [-0.39, 0.29) is 18.7 Å². The summed E-state index contributed by atoms with van der Waals surface area (Å²) in [5.74, 6) is 0.799. The summed E-state index contributed by atoms with van der Waals surface area (Å²) in [7, 11) is 0. The van der Waals surface area contributed by atoms with Crippen molar-refractivity contribution >= 4 is 11.7 Å². The Kier molecular flexibility index (Phi) is 7.29. The van der Waals surface area contributed by atoms with Crippen LogP contribution in [0.4, 0.5) is 10.5 Å². The van der Waals surface area contributed by atoms with Gasteiger partial charge in [0.15, 0.2) is 0 Å². The summed E-state index contributed by atoms with van der Waals surface area (Å²) in [6, 6.07) is 14.7. The van der Waals surface area contributed by atoms with Gasteiger partial charge < -0.3 is 20.5 Å². The molecule has 1 atom stereocenters. The number of aliphatic hydroxyl groups is 1. The second kappa shape index (κ2) is 9.69. The van der Waals surface area contributed by atoms with Crippen molar-refractivity contribution in [1.29, 1.82) is 0 Å². The van der Waals surface area contributed by atoms with E-state index in [0.29, 0.717) is 13.0 Å². The molecule has 0 unspecified atom stereocenters. The second-order valence-corrected chi connectivity index (χ2v) is 5.90. The second-order valence-electron chi connectivity index (χ2n) is 5.90. The molecule has 0 aliphatic carbocycles. The van der Waals surface area contributed by atoms with Crippen molar-refractivity contribution in [3.63, 3.8) is 0 Å². The van der Waals surface area contributed by atoms with Gasteiger partial charge in [0.25, 0.3) is 0 Å². The van der Waals surface area contributed by atoms with Gasteiger partial charge in [0.2, 0.25) is 0 Å². The summed E-state index contributed by atoms with van der Waals surface area (Å²) in [5, 5.41) is 15.0. The number of hydrogen-bond donors (Lipinski definition) is 3. The normalized spacial score (nSPS) is 11.6. The zero-order valence-corrected chi connectivity index (χ0v) is 14.8. The number of carbonyl (C=O) groups is 1. The molecule has 134 valence electrons. The van der Waals surface area contributed by atoms with Gasteiger partial charge in [0.1, 0.15) is 5.75 Å². The van der Waals surface area contributed by atoms with Gasteiger partial charge in [-0.05, 0) is 49.1 Å². The topological polar surface area (TPSA) is 70.6 Å². The summed E-state index contributed by atoms with van der Waals surface area (Å²) in [6.07, 6.45) is 1.41. The van der Waals surface area contributed by atoms with Crippen molar-refractivity contribution in [2.75, 3.05) is 18.5 Å². The molecule has 0 saturated carbocycles. The van der Waals surface area contributed by atoms with Gasteiger partial charge in [-0.3, -0.25) is 0 Å². The van der Waals surface area contributed by atoms with Gasteiger partial charge >= 0.3 is 6.03 Å². The minimum Gasteiger partial charge on any atom is -0.494 e. The van der Waals surface area contributed by atoms with E-state index in [1.807, 2.05) is 55.5 Å². The SMILES string of the molecule is CCCOc1ccc(NC(=O)N[C@H](CCO)c2ccccc2)c(C)c1. The standard InChI is InChI=1S/C20H26N2O3/c1-3-13-25-17-9-10-18(15(2)14-17)21-20(24)22-19(11-12-23)16-7-5-4-6-8-16/h4-10,14,19,23H,3,11-13H2,1-2H3,(H2,21,22,24)/t19-/m1/s1. The molecule has 0 aliphatic rings. The molecule has 2 rings (SSSR count). The van der Waals surface area contributed by atoms with Crippen molar-refractivity contribution in [3.8, 4) is 5.75 Å². The van der Waals surface area contributed by atoms with Crippen molar-refractivity contribution in [2.24, 2.45) is 0 Å². The third kappa shape index (κ3) is 5.80. The highest BCUT2D eigenvalue weighted by Crippen LogP contribution is 2.22. The monoisotopic (exact) mass is 342 g/mol. The molecule has 3 N–H and O–H groups in total. The van der Waals surface area contributed by atoms with Crippen LogP contribution in [-0.2, 0) is 0 Å². The fraction of sp³-hybridized carbons (Fsp3) is 0.350. The van der Waals surface area contributed by atoms with Crippen LogP contribution in [0.3, 0.4) is 0 Å². The van der Waals surface area contributed by atoms with Gasteiger partial charge in [0, 0.05) is 12.3 Å². The highest BCUT2D eigenvalue weighted by molar-refractivity contribution is 5.90. The summed E-state index contributed by atoms with van der Waals surface area (Å²) in [5.41, 5.74) is 2.63. The van der Waals surface area contributed by atoms with Gasteiger partial charge in [-0.25, -0.2) is 4.79 Å². The van der Waals surface area contributed by atoms with Crippen LogP contribution in [0.15, 0.2) is 48.5 Å². The molecule has 5 nitrogen and oxygen atoms in total.